The van der Waals surface area contributed by atoms with Crippen LogP contribution in [-0.2, 0) is 10.8 Å². The third kappa shape index (κ3) is 4.99. The second-order valence-electron chi connectivity index (χ2n) is 20.5. The van der Waals surface area contributed by atoms with Crippen molar-refractivity contribution in [3.8, 4) is 55.6 Å². The first-order valence-electron chi connectivity index (χ1n) is 25.8. The van der Waals surface area contributed by atoms with Gasteiger partial charge < -0.3 is 4.90 Å². The number of benzene rings is 12. The smallest absolute Gasteiger partial charge is 0.0726 e. The normalized spacial score (nSPS) is 14.2. The molecule has 342 valence electrons. The Labute approximate surface area is 433 Å². The molecule has 0 saturated carbocycles. The molecule has 0 unspecified atom stereocenters. The summed E-state index contributed by atoms with van der Waals surface area (Å²) in [7, 11) is 0. The summed E-state index contributed by atoms with van der Waals surface area (Å²) >= 11 is 1.91. The standard InChI is InChI=1S/C72H43NS/c1-2-19-44(20-3-1)57-43-58-69-67(35-18-36-68(69)74-70(58)56-28-5-4-21-47(56)57)73(45-37-39-54-52-26-10-16-33-63(52)71(65(54)41-45)59-29-12-6-22-48(59)49-23-7-13-30-60(49)71)46-38-40-55-53-27-11-17-34-64(53)72(66(55)42-46)61-31-14-8-24-50(61)51-25-9-15-32-62(51)72/h1-43H. The number of fused-ring (bicyclic) bond motifs is 25. The molecular weight excluding hydrogens is 911 g/mol. The van der Waals surface area contributed by atoms with Crippen molar-refractivity contribution in [3.63, 3.8) is 0 Å². The van der Waals surface area contributed by atoms with E-state index < -0.39 is 10.8 Å². The Morgan fingerprint density at radius 3 is 1.12 bits per heavy atom. The topological polar surface area (TPSA) is 3.24 Å². The van der Waals surface area contributed by atoms with Crippen molar-refractivity contribution in [2.24, 2.45) is 0 Å². The van der Waals surface area contributed by atoms with Gasteiger partial charge in [0.05, 0.1) is 16.5 Å². The van der Waals surface area contributed by atoms with E-state index in [9.17, 15) is 0 Å². The van der Waals surface area contributed by atoms with Crippen LogP contribution in [0, 0.1) is 0 Å². The molecule has 1 nitrogen and oxygen atoms in total. The van der Waals surface area contributed by atoms with Crippen LogP contribution in [0.1, 0.15) is 44.5 Å². The van der Waals surface area contributed by atoms with Gasteiger partial charge in [-0.25, -0.2) is 0 Å². The Hall–Kier alpha value is -9.08. The molecule has 0 radical (unpaired) electrons. The minimum atomic E-state index is -0.494. The first-order valence-corrected chi connectivity index (χ1v) is 26.6. The molecule has 0 amide bonds. The molecule has 12 aromatic carbocycles. The van der Waals surface area contributed by atoms with Crippen LogP contribution in [0.2, 0.25) is 0 Å². The SMILES string of the molecule is c1ccc(-c2cc3c(sc4cccc(N(c5ccc6c(c5)C5(c7ccccc7-c7ccccc75)c5ccccc5-6)c5ccc6c(c5)C5(c7ccccc7-c7ccccc75)c5ccccc5-6)c43)c3ccccc23)cc1. The number of thiophene rings is 1. The van der Waals surface area contributed by atoms with Crippen LogP contribution in [0.4, 0.5) is 17.1 Å². The number of rotatable bonds is 4. The lowest BCUT2D eigenvalue weighted by Gasteiger charge is -2.33. The van der Waals surface area contributed by atoms with E-state index in [4.69, 9.17) is 0 Å². The van der Waals surface area contributed by atoms with Gasteiger partial charge in [0, 0.05) is 36.9 Å². The predicted octanol–water partition coefficient (Wildman–Crippen LogP) is 19.0. The summed E-state index contributed by atoms with van der Waals surface area (Å²) in [4.78, 5) is 2.61. The van der Waals surface area contributed by atoms with Crippen LogP contribution in [0.3, 0.4) is 0 Å². The van der Waals surface area contributed by atoms with Gasteiger partial charge in [-0.05, 0) is 148 Å². The van der Waals surface area contributed by atoms with Crippen molar-refractivity contribution >= 4 is 59.3 Å². The summed E-state index contributed by atoms with van der Waals surface area (Å²) in [6.45, 7) is 0. The van der Waals surface area contributed by atoms with Crippen LogP contribution in [0.15, 0.2) is 261 Å². The molecule has 0 fully saturated rings. The predicted molar refractivity (Wildman–Crippen MR) is 310 cm³/mol. The van der Waals surface area contributed by atoms with E-state index in [1.165, 1.54) is 131 Å². The van der Waals surface area contributed by atoms with Crippen molar-refractivity contribution < 1.29 is 0 Å². The Bertz CT molecular complexity index is 4250. The van der Waals surface area contributed by atoms with Crippen molar-refractivity contribution in [3.05, 3.63) is 305 Å². The van der Waals surface area contributed by atoms with Gasteiger partial charge in [0.2, 0.25) is 0 Å². The number of hydrogen-bond donors (Lipinski definition) is 0. The van der Waals surface area contributed by atoms with Gasteiger partial charge in [-0.3, -0.25) is 0 Å². The largest absolute Gasteiger partial charge is 0.310 e. The quantitative estimate of drug-likeness (QED) is 0.170. The first kappa shape index (κ1) is 40.5. The van der Waals surface area contributed by atoms with E-state index in [0.717, 1.165) is 17.1 Å². The van der Waals surface area contributed by atoms with Gasteiger partial charge >= 0.3 is 0 Å². The highest BCUT2D eigenvalue weighted by molar-refractivity contribution is 7.26. The van der Waals surface area contributed by atoms with Crippen LogP contribution in [-0.4, -0.2) is 0 Å². The van der Waals surface area contributed by atoms with Gasteiger partial charge in [-0.2, -0.15) is 0 Å². The lowest BCUT2D eigenvalue weighted by Crippen LogP contribution is -2.26. The van der Waals surface area contributed by atoms with E-state index in [0.29, 0.717) is 0 Å². The molecule has 0 N–H and O–H groups in total. The number of hydrogen-bond acceptors (Lipinski definition) is 2. The summed E-state index contributed by atoms with van der Waals surface area (Å²) in [6, 6.07) is 99.1. The molecule has 17 rings (SSSR count). The second kappa shape index (κ2) is 14.8. The highest BCUT2D eigenvalue weighted by atomic mass is 32.1. The Morgan fingerprint density at radius 1 is 0.270 bits per heavy atom. The lowest BCUT2D eigenvalue weighted by atomic mass is 9.70. The van der Waals surface area contributed by atoms with E-state index >= 15 is 0 Å². The Morgan fingerprint density at radius 2 is 0.662 bits per heavy atom. The molecule has 0 atom stereocenters. The van der Waals surface area contributed by atoms with Crippen molar-refractivity contribution in [1.29, 1.82) is 0 Å². The monoisotopic (exact) mass is 953 g/mol. The maximum absolute atomic E-state index is 2.61. The average molecular weight is 954 g/mol. The van der Waals surface area contributed by atoms with Gasteiger partial charge in [-0.1, -0.05) is 218 Å². The fraction of sp³-hybridized carbons (Fsp3) is 0.0278. The molecule has 0 aliphatic heterocycles. The highest BCUT2D eigenvalue weighted by Gasteiger charge is 2.53. The molecule has 13 aromatic rings. The molecule has 74 heavy (non-hydrogen) atoms. The van der Waals surface area contributed by atoms with Gasteiger partial charge in [0.25, 0.3) is 0 Å². The lowest BCUT2D eigenvalue weighted by molar-refractivity contribution is 0.792. The third-order valence-electron chi connectivity index (χ3n) is 17.3. The fourth-order valence-corrected chi connectivity index (χ4v) is 15.8. The molecule has 2 heteroatoms. The van der Waals surface area contributed by atoms with Gasteiger partial charge in [0.1, 0.15) is 0 Å². The first-order chi connectivity index (χ1) is 36.7. The summed E-state index contributed by atoms with van der Waals surface area (Å²) in [5.74, 6) is 0. The van der Waals surface area contributed by atoms with Crippen LogP contribution < -0.4 is 4.90 Å². The van der Waals surface area contributed by atoms with Crippen LogP contribution in [0.5, 0.6) is 0 Å². The number of anilines is 3. The van der Waals surface area contributed by atoms with E-state index in [1.54, 1.807) is 0 Å². The van der Waals surface area contributed by atoms with Gasteiger partial charge in [0.15, 0.2) is 0 Å². The number of nitrogens with zero attached hydrogens (tertiary/aromatic N) is 1. The molecular formula is C72H43NS. The zero-order chi connectivity index (χ0) is 48.3. The van der Waals surface area contributed by atoms with Crippen molar-refractivity contribution in [1.82, 2.24) is 0 Å². The zero-order valence-corrected chi connectivity index (χ0v) is 41.0. The van der Waals surface area contributed by atoms with Crippen LogP contribution in [0.25, 0.3) is 86.6 Å². The van der Waals surface area contributed by atoms with E-state index in [1.807, 2.05) is 11.3 Å². The summed E-state index contributed by atoms with van der Waals surface area (Å²) in [5.41, 5.74) is 26.0. The molecule has 4 aliphatic rings. The molecule has 0 saturated heterocycles. The maximum Gasteiger partial charge on any atom is 0.0726 e. The molecule has 4 aliphatic carbocycles. The van der Waals surface area contributed by atoms with Gasteiger partial charge in [-0.15, -0.1) is 11.3 Å². The zero-order valence-electron chi connectivity index (χ0n) is 40.2. The van der Waals surface area contributed by atoms with Crippen molar-refractivity contribution in [2.45, 2.75) is 10.8 Å². The molecule has 2 spiro atoms. The molecule has 1 aromatic heterocycles. The van der Waals surface area contributed by atoms with E-state index in [-0.39, 0.29) is 0 Å². The summed E-state index contributed by atoms with van der Waals surface area (Å²) in [5, 5.41) is 5.10. The highest BCUT2D eigenvalue weighted by Crippen LogP contribution is 2.66. The minimum absolute atomic E-state index is 0.494. The fourth-order valence-electron chi connectivity index (χ4n) is 14.5. The van der Waals surface area contributed by atoms with Crippen molar-refractivity contribution in [2.75, 3.05) is 4.90 Å². The second-order valence-corrected chi connectivity index (χ2v) is 21.6. The minimum Gasteiger partial charge on any atom is -0.310 e. The molecule has 1 heterocycles. The average Bonchev–Trinajstić information content (AvgIpc) is 4.25. The molecule has 0 bridgehead atoms. The van der Waals surface area contributed by atoms with Crippen LogP contribution >= 0.6 is 11.3 Å². The Kier molecular flexibility index (Phi) is 8.08. The third-order valence-corrected chi connectivity index (χ3v) is 18.5. The van der Waals surface area contributed by atoms with E-state index in [2.05, 4.69) is 266 Å². The summed E-state index contributed by atoms with van der Waals surface area (Å²) < 4.78 is 2.58. The summed E-state index contributed by atoms with van der Waals surface area (Å²) in [6.07, 6.45) is 0. The Balaban J connectivity index is 0.988. The maximum atomic E-state index is 2.61.